The molecule has 25 heavy (non-hydrogen) atoms. The number of pyridine rings is 1. The Morgan fingerprint density at radius 1 is 1.40 bits per heavy atom. The van der Waals surface area contributed by atoms with E-state index in [1.165, 1.54) is 6.07 Å². The zero-order valence-electron chi connectivity index (χ0n) is 13.9. The number of nitrogen functional groups attached to an aromatic ring is 2. The van der Waals surface area contributed by atoms with Crippen molar-refractivity contribution in [1.82, 2.24) is 4.98 Å². The molecule has 7 nitrogen and oxygen atoms in total. The highest BCUT2D eigenvalue weighted by Crippen LogP contribution is 2.30. The van der Waals surface area contributed by atoms with Crippen LogP contribution in [0.5, 0.6) is 5.75 Å². The van der Waals surface area contributed by atoms with Gasteiger partial charge in [0.2, 0.25) is 5.91 Å². The van der Waals surface area contributed by atoms with Gasteiger partial charge >= 0.3 is 0 Å². The number of carbonyl (C=O) groups is 1. The van der Waals surface area contributed by atoms with Gasteiger partial charge in [-0.2, -0.15) is 5.26 Å². The van der Waals surface area contributed by atoms with Crippen LogP contribution in [-0.4, -0.2) is 22.7 Å². The molecule has 0 radical (unpaired) electrons. The van der Waals surface area contributed by atoms with Gasteiger partial charge < -0.3 is 21.5 Å². The molecule has 1 amide bonds. The van der Waals surface area contributed by atoms with Crippen LogP contribution in [0.2, 0.25) is 0 Å². The van der Waals surface area contributed by atoms with Crippen LogP contribution in [0.15, 0.2) is 35.4 Å². The molecule has 1 heterocycles. The number of rotatable bonds is 6. The number of ether oxygens (including phenoxy) is 1. The maximum absolute atomic E-state index is 12.4. The molecule has 0 aliphatic carbocycles. The quantitative estimate of drug-likeness (QED) is 0.678. The third-order valence-corrected chi connectivity index (χ3v) is 4.33. The average molecular weight is 357 g/mol. The van der Waals surface area contributed by atoms with Gasteiger partial charge in [0.25, 0.3) is 0 Å². The highest BCUT2D eigenvalue weighted by Gasteiger charge is 2.19. The normalized spacial score (nSPS) is 11.4. The molecule has 5 N–H and O–H groups in total. The summed E-state index contributed by atoms with van der Waals surface area (Å²) < 4.78 is 5.36. The fraction of sp³-hybridized carbons (Fsp3) is 0.235. The molecule has 0 bridgehead atoms. The molecule has 8 heteroatoms. The smallest absolute Gasteiger partial charge is 0.237 e. The Labute approximate surface area is 150 Å². The molecule has 130 valence electrons. The van der Waals surface area contributed by atoms with E-state index in [2.05, 4.69) is 10.3 Å². The van der Waals surface area contributed by atoms with Crippen LogP contribution in [0, 0.1) is 11.3 Å². The van der Waals surface area contributed by atoms with Gasteiger partial charge in [-0.1, -0.05) is 11.8 Å². The Balaban J connectivity index is 2.07. The molecule has 2 aromatic rings. The van der Waals surface area contributed by atoms with Crippen LogP contribution in [0.25, 0.3) is 0 Å². The van der Waals surface area contributed by atoms with Gasteiger partial charge in [-0.25, -0.2) is 4.98 Å². The minimum Gasteiger partial charge on any atom is -0.494 e. The summed E-state index contributed by atoms with van der Waals surface area (Å²) in [5.74, 6) is 0.722. The lowest BCUT2D eigenvalue weighted by molar-refractivity contribution is -0.115. The predicted octanol–water partition coefficient (Wildman–Crippen LogP) is 2.64. The number of nitrogens with two attached hydrogens (primary N) is 2. The molecule has 0 aliphatic rings. The van der Waals surface area contributed by atoms with E-state index in [1.54, 1.807) is 31.2 Å². The largest absolute Gasteiger partial charge is 0.494 e. The molecule has 1 aromatic heterocycles. The summed E-state index contributed by atoms with van der Waals surface area (Å²) in [4.78, 5) is 16.5. The average Bonchev–Trinajstić information content (AvgIpc) is 2.56. The first kappa shape index (κ1) is 18.4. The van der Waals surface area contributed by atoms with Crippen LogP contribution >= 0.6 is 11.8 Å². The third kappa shape index (κ3) is 4.78. The number of benzene rings is 1. The molecule has 0 aliphatic heterocycles. The topological polar surface area (TPSA) is 127 Å². The van der Waals surface area contributed by atoms with E-state index in [1.807, 2.05) is 13.0 Å². The van der Waals surface area contributed by atoms with Crippen molar-refractivity contribution in [2.45, 2.75) is 24.1 Å². The summed E-state index contributed by atoms with van der Waals surface area (Å²) in [7, 11) is 0. The van der Waals surface area contributed by atoms with E-state index in [0.29, 0.717) is 17.3 Å². The van der Waals surface area contributed by atoms with E-state index >= 15 is 0 Å². The monoisotopic (exact) mass is 357 g/mol. The first-order valence-electron chi connectivity index (χ1n) is 7.61. The number of aromatic nitrogens is 1. The standard InChI is InChI=1S/C17H19N5O2S/c1-3-24-12-6-4-11(5-7-12)21-16(23)10(2)25-17-13(9-18)14(19)8-15(20)22-17/h4-8,10H,3H2,1-2H3,(H,21,23)(H4,19,20,22)/t10-/m0/s1. The lowest BCUT2D eigenvalue weighted by Crippen LogP contribution is -2.22. The number of hydrogen-bond acceptors (Lipinski definition) is 7. The van der Waals surface area contributed by atoms with E-state index < -0.39 is 5.25 Å². The summed E-state index contributed by atoms with van der Waals surface area (Å²) in [6.07, 6.45) is 0. The van der Waals surface area contributed by atoms with Crippen molar-refractivity contribution in [2.24, 2.45) is 0 Å². The number of hydrogen-bond donors (Lipinski definition) is 3. The fourth-order valence-corrected chi connectivity index (χ4v) is 2.96. The molecule has 0 saturated carbocycles. The van der Waals surface area contributed by atoms with E-state index in [4.69, 9.17) is 16.2 Å². The van der Waals surface area contributed by atoms with Crippen molar-refractivity contribution in [1.29, 1.82) is 5.26 Å². The summed E-state index contributed by atoms with van der Waals surface area (Å²) >= 11 is 1.13. The number of anilines is 3. The minimum atomic E-state index is -0.493. The summed E-state index contributed by atoms with van der Waals surface area (Å²) in [5, 5.41) is 11.9. The molecule has 0 spiro atoms. The third-order valence-electron chi connectivity index (χ3n) is 3.24. The van der Waals surface area contributed by atoms with Crippen molar-refractivity contribution in [3.63, 3.8) is 0 Å². The maximum atomic E-state index is 12.4. The van der Waals surface area contributed by atoms with Gasteiger partial charge in [-0.3, -0.25) is 4.79 Å². The van der Waals surface area contributed by atoms with Crippen LogP contribution in [0.1, 0.15) is 19.4 Å². The van der Waals surface area contributed by atoms with Crippen LogP contribution < -0.4 is 21.5 Å². The van der Waals surface area contributed by atoms with Gasteiger partial charge in [0.1, 0.15) is 28.2 Å². The number of nitrogens with one attached hydrogen (secondary N) is 1. The number of thioether (sulfide) groups is 1. The molecular formula is C17H19N5O2S. The summed E-state index contributed by atoms with van der Waals surface area (Å²) in [5.41, 5.74) is 12.6. The lowest BCUT2D eigenvalue weighted by Gasteiger charge is -2.13. The van der Waals surface area contributed by atoms with Crippen molar-refractivity contribution in [2.75, 3.05) is 23.4 Å². The van der Waals surface area contributed by atoms with Crippen molar-refractivity contribution < 1.29 is 9.53 Å². The molecule has 0 saturated heterocycles. The highest BCUT2D eigenvalue weighted by molar-refractivity contribution is 8.00. The van der Waals surface area contributed by atoms with Gasteiger partial charge in [0.05, 0.1) is 17.5 Å². The number of nitriles is 1. The van der Waals surface area contributed by atoms with Crippen LogP contribution in [0.4, 0.5) is 17.2 Å². The Hall–Kier alpha value is -2.92. The SMILES string of the molecule is CCOc1ccc(NC(=O)[C@H](C)Sc2nc(N)cc(N)c2C#N)cc1. The van der Waals surface area contributed by atoms with E-state index in [0.717, 1.165) is 17.5 Å². The molecular weight excluding hydrogens is 338 g/mol. The molecule has 1 aromatic carbocycles. The van der Waals surface area contributed by atoms with Gasteiger partial charge in [-0.15, -0.1) is 0 Å². The van der Waals surface area contributed by atoms with Crippen LogP contribution in [-0.2, 0) is 4.79 Å². The molecule has 2 rings (SSSR count). The van der Waals surface area contributed by atoms with Crippen LogP contribution in [0.3, 0.4) is 0 Å². The van der Waals surface area contributed by atoms with Gasteiger partial charge in [-0.05, 0) is 38.1 Å². The zero-order valence-corrected chi connectivity index (χ0v) is 14.8. The molecule has 1 atom stereocenters. The van der Waals surface area contributed by atoms with E-state index in [9.17, 15) is 10.1 Å². The van der Waals surface area contributed by atoms with Crippen molar-refractivity contribution >= 4 is 34.9 Å². The second-order valence-electron chi connectivity index (χ2n) is 5.14. The summed E-state index contributed by atoms with van der Waals surface area (Å²) in [6, 6.07) is 10.5. The number of amides is 1. The zero-order chi connectivity index (χ0) is 18.4. The maximum Gasteiger partial charge on any atom is 0.237 e. The Morgan fingerprint density at radius 2 is 2.08 bits per heavy atom. The summed E-state index contributed by atoms with van der Waals surface area (Å²) in [6.45, 7) is 4.20. The van der Waals surface area contributed by atoms with Gasteiger partial charge in [0.15, 0.2) is 0 Å². The second kappa shape index (κ2) is 8.26. The Morgan fingerprint density at radius 3 is 2.68 bits per heavy atom. The number of carbonyl (C=O) groups excluding carboxylic acids is 1. The molecule has 0 unspecified atom stereocenters. The van der Waals surface area contributed by atoms with Gasteiger partial charge in [0, 0.05) is 11.8 Å². The van der Waals surface area contributed by atoms with Crippen molar-refractivity contribution in [3.05, 3.63) is 35.9 Å². The first-order chi connectivity index (χ1) is 11.9. The lowest BCUT2D eigenvalue weighted by atomic mass is 10.2. The Bertz CT molecular complexity index is 802. The Kier molecular flexibility index (Phi) is 6.08. The minimum absolute atomic E-state index is 0.207. The fourth-order valence-electron chi connectivity index (χ4n) is 2.02. The number of nitrogens with zero attached hydrogens (tertiary/aromatic N) is 2. The highest BCUT2D eigenvalue weighted by atomic mass is 32.2. The second-order valence-corrected chi connectivity index (χ2v) is 6.46. The van der Waals surface area contributed by atoms with E-state index in [-0.39, 0.29) is 23.0 Å². The van der Waals surface area contributed by atoms with Crippen molar-refractivity contribution in [3.8, 4) is 11.8 Å². The molecule has 0 fully saturated rings. The first-order valence-corrected chi connectivity index (χ1v) is 8.49. The predicted molar refractivity (Wildman–Crippen MR) is 99.3 cm³/mol.